The van der Waals surface area contributed by atoms with Gasteiger partial charge in [-0.2, -0.15) is 0 Å². The lowest BCUT2D eigenvalue weighted by Gasteiger charge is -2.19. The number of hydrogen-bond donors (Lipinski definition) is 1. The number of imidazole rings is 1. The molecule has 0 aliphatic rings. The minimum Gasteiger partial charge on any atom is -0.481 e. The number of aromatic nitrogens is 2. The van der Waals surface area contributed by atoms with Crippen LogP contribution in [-0.2, 0) is 24.7 Å². The van der Waals surface area contributed by atoms with Crippen molar-refractivity contribution in [3.05, 3.63) is 53.6 Å². The summed E-state index contributed by atoms with van der Waals surface area (Å²) in [5.41, 5.74) is 1.48. The van der Waals surface area contributed by atoms with Gasteiger partial charge in [0.2, 0.25) is 0 Å². The summed E-state index contributed by atoms with van der Waals surface area (Å²) < 4.78 is 2.00. The summed E-state index contributed by atoms with van der Waals surface area (Å²) in [4.78, 5) is 15.4. The molecule has 0 radical (unpaired) electrons. The van der Waals surface area contributed by atoms with Crippen LogP contribution in [0.5, 0.6) is 0 Å². The monoisotopic (exact) mass is 272 g/mol. The molecule has 0 spiro atoms. The van der Waals surface area contributed by atoms with Gasteiger partial charge in [0.15, 0.2) is 0 Å². The molecule has 0 saturated carbocycles. The van der Waals surface area contributed by atoms with Gasteiger partial charge in [0, 0.05) is 25.9 Å². The lowest BCUT2D eigenvalue weighted by molar-refractivity contribution is -0.146. The van der Waals surface area contributed by atoms with Gasteiger partial charge in [0.1, 0.15) is 5.82 Å². The molecule has 20 heavy (non-hydrogen) atoms. The van der Waals surface area contributed by atoms with Gasteiger partial charge in [-0.05, 0) is 31.4 Å². The van der Waals surface area contributed by atoms with Crippen molar-refractivity contribution in [2.24, 2.45) is 12.5 Å². The molecule has 0 aliphatic carbocycles. The number of carboxylic acid groups (broad SMARTS) is 1. The van der Waals surface area contributed by atoms with Crippen LogP contribution in [0.15, 0.2) is 36.7 Å². The summed E-state index contributed by atoms with van der Waals surface area (Å²) in [6.45, 7) is 3.49. The fourth-order valence-corrected chi connectivity index (χ4v) is 2.11. The first kappa shape index (κ1) is 14.3. The van der Waals surface area contributed by atoms with Crippen LogP contribution in [-0.4, -0.2) is 20.6 Å². The number of benzene rings is 1. The van der Waals surface area contributed by atoms with Crippen molar-refractivity contribution >= 4 is 5.97 Å². The predicted molar refractivity (Wildman–Crippen MR) is 77.6 cm³/mol. The lowest BCUT2D eigenvalue weighted by Crippen LogP contribution is -2.26. The van der Waals surface area contributed by atoms with Crippen molar-refractivity contribution < 1.29 is 9.90 Å². The minimum atomic E-state index is -0.769. The molecule has 1 aromatic heterocycles. The number of nitrogens with zero attached hydrogens (tertiary/aromatic N) is 2. The Hall–Kier alpha value is -2.10. The van der Waals surface area contributed by atoms with E-state index in [9.17, 15) is 4.79 Å². The number of carbonyl (C=O) groups is 1. The van der Waals surface area contributed by atoms with Crippen LogP contribution in [0, 0.1) is 5.41 Å². The zero-order valence-corrected chi connectivity index (χ0v) is 12.1. The van der Waals surface area contributed by atoms with Crippen LogP contribution in [0.4, 0.5) is 0 Å². The number of carboxylic acids is 1. The second kappa shape index (κ2) is 5.49. The van der Waals surface area contributed by atoms with Crippen molar-refractivity contribution in [3.63, 3.8) is 0 Å². The standard InChI is InChI=1S/C16H20N2O2/c1-16(2,15(19)20)11-13-6-4-12(5-7-13)10-14-17-8-9-18(14)3/h4-9H,10-11H2,1-3H3,(H,19,20). The Morgan fingerprint density at radius 1 is 1.25 bits per heavy atom. The normalized spacial score (nSPS) is 11.6. The first-order valence-electron chi connectivity index (χ1n) is 6.66. The van der Waals surface area contributed by atoms with Gasteiger partial charge in [0.05, 0.1) is 5.41 Å². The molecule has 4 heteroatoms. The van der Waals surface area contributed by atoms with E-state index in [-0.39, 0.29) is 0 Å². The van der Waals surface area contributed by atoms with E-state index in [4.69, 9.17) is 5.11 Å². The first-order chi connectivity index (χ1) is 9.38. The topological polar surface area (TPSA) is 55.1 Å². The lowest BCUT2D eigenvalue weighted by atomic mass is 9.86. The van der Waals surface area contributed by atoms with E-state index >= 15 is 0 Å². The third kappa shape index (κ3) is 3.26. The molecule has 0 saturated heterocycles. The average molecular weight is 272 g/mol. The van der Waals surface area contributed by atoms with E-state index in [1.165, 1.54) is 5.56 Å². The second-order valence-corrected chi connectivity index (χ2v) is 5.81. The zero-order valence-electron chi connectivity index (χ0n) is 12.1. The predicted octanol–water partition coefficient (Wildman–Crippen LogP) is 2.66. The van der Waals surface area contributed by atoms with E-state index in [1.807, 2.05) is 42.1 Å². The number of aryl methyl sites for hydroxylation is 1. The first-order valence-corrected chi connectivity index (χ1v) is 6.66. The van der Waals surface area contributed by atoms with E-state index in [2.05, 4.69) is 4.98 Å². The molecule has 0 bridgehead atoms. The fraction of sp³-hybridized carbons (Fsp3) is 0.375. The second-order valence-electron chi connectivity index (χ2n) is 5.81. The molecule has 2 aromatic rings. The molecule has 2 rings (SSSR count). The molecule has 4 nitrogen and oxygen atoms in total. The molecule has 0 aliphatic heterocycles. The van der Waals surface area contributed by atoms with Crippen molar-refractivity contribution in [1.82, 2.24) is 9.55 Å². The highest BCUT2D eigenvalue weighted by Gasteiger charge is 2.27. The molecule has 0 amide bonds. The number of hydrogen-bond acceptors (Lipinski definition) is 2. The molecular weight excluding hydrogens is 252 g/mol. The van der Waals surface area contributed by atoms with Gasteiger partial charge in [-0.3, -0.25) is 4.79 Å². The molecule has 0 fully saturated rings. The van der Waals surface area contributed by atoms with Gasteiger partial charge in [-0.15, -0.1) is 0 Å². The Kier molecular flexibility index (Phi) is 3.93. The van der Waals surface area contributed by atoms with Crippen LogP contribution < -0.4 is 0 Å². The molecule has 1 heterocycles. The number of aliphatic carboxylic acids is 1. The van der Waals surface area contributed by atoms with Crippen molar-refractivity contribution in [1.29, 1.82) is 0 Å². The van der Waals surface area contributed by atoms with Crippen LogP contribution in [0.3, 0.4) is 0 Å². The van der Waals surface area contributed by atoms with E-state index < -0.39 is 11.4 Å². The molecule has 1 N–H and O–H groups in total. The summed E-state index contributed by atoms with van der Waals surface area (Å²) >= 11 is 0. The highest BCUT2D eigenvalue weighted by molar-refractivity contribution is 5.74. The zero-order chi connectivity index (χ0) is 14.8. The quantitative estimate of drug-likeness (QED) is 0.910. The Balaban J connectivity index is 2.07. The van der Waals surface area contributed by atoms with Gasteiger partial charge in [0.25, 0.3) is 0 Å². The average Bonchev–Trinajstić information content (AvgIpc) is 2.77. The molecule has 0 atom stereocenters. The molecule has 1 aromatic carbocycles. The van der Waals surface area contributed by atoms with E-state index in [1.54, 1.807) is 20.0 Å². The number of rotatable bonds is 5. The Bertz CT molecular complexity index is 597. The van der Waals surface area contributed by atoms with E-state index in [0.717, 1.165) is 17.8 Å². The highest BCUT2D eigenvalue weighted by atomic mass is 16.4. The van der Waals surface area contributed by atoms with Gasteiger partial charge in [-0.1, -0.05) is 24.3 Å². The molecule has 0 unspecified atom stereocenters. The maximum Gasteiger partial charge on any atom is 0.309 e. The van der Waals surface area contributed by atoms with Gasteiger partial charge < -0.3 is 9.67 Å². The Morgan fingerprint density at radius 3 is 2.35 bits per heavy atom. The fourth-order valence-electron chi connectivity index (χ4n) is 2.11. The summed E-state index contributed by atoms with van der Waals surface area (Å²) in [5, 5.41) is 9.15. The summed E-state index contributed by atoms with van der Waals surface area (Å²) in [6.07, 6.45) is 5.04. The van der Waals surface area contributed by atoms with Crippen molar-refractivity contribution in [2.75, 3.05) is 0 Å². The van der Waals surface area contributed by atoms with Crippen molar-refractivity contribution in [3.8, 4) is 0 Å². The summed E-state index contributed by atoms with van der Waals surface area (Å²) in [7, 11) is 1.98. The third-order valence-corrected chi connectivity index (χ3v) is 3.53. The maximum absolute atomic E-state index is 11.1. The Morgan fingerprint density at radius 2 is 1.85 bits per heavy atom. The minimum absolute atomic E-state index is 0.533. The maximum atomic E-state index is 11.1. The Labute approximate surface area is 119 Å². The SMILES string of the molecule is Cn1ccnc1Cc1ccc(CC(C)(C)C(=O)O)cc1. The summed E-state index contributed by atoms with van der Waals surface area (Å²) in [5.74, 6) is 0.248. The van der Waals surface area contributed by atoms with Gasteiger partial charge in [-0.25, -0.2) is 4.98 Å². The smallest absolute Gasteiger partial charge is 0.309 e. The van der Waals surface area contributed by atoms with Crippen LogP contribution in [0.2, 0.25) is 0 Å². The molecule has 106 valence electrons. The van der Waals surface area contributed by atoms with Crippen LogP contribution in [0.1, 0.15) is 30.8 Å². The van der Waals surface area contributed by atoms with E-state index in [0.29, 0.717) is 6.42 Å². The largest absolute Gasteiger partial charge is 0.481 e. The van der Waals surface area contributed by atoms with Crippen LogP contribution in [0.25, 0.3) is 0 Å². The highest BCUT2D eigenvalue weighted by Crippen LogP contribution is 2.22. The third-order valence-electron chi connectivity index (χ3n) is 3.53. The molecular formula is C16H20N2O2. The summed E-state index contributed by atoms with van der Waals surface area (Å²) in [6, 6.07) is 8.09. The van der Waals surface area contributed by atoms with Crippen LogP contribution >= 0.6 is 0 Å². The van der Waals surface area contributed by atoms with Gasteiger partial charge >= 0.3 is 5.97 Å². The van der Waals surface area contributed by atoms with Crippen molar-refractivity contribution in [2.45, 2.75) is 26.7 Å².